The van der Waals surface area contributed by atoms with Crippen LogP contribution in [-0.2, 0) is 10.2 Å². The van der Waals surface area contributed by atoms with Crippen molar-refractivity contribution in [2.45, 2.75) is 25.2 Å². The molecule has 0 amide bonds. The number of hydrogen-bond donors (Lipinski definition) is 2. The molecule has 0 aliphatic rings. The van der Waals surface area contributed by atoms with Gasteiger partial charge in [0.25, 0.3) is 0 Å². The highest BCUT2D eigenvalue weighted by molar-refractivity contribution is 6.32. The summed E-state index contributed by atoms with van der Waals surface area (Å²) in [6.45, 7) is 6.16. The SMILES string of the molecule is C=NNCC=O.CCC(C#N)(CCNC)c1ccc(Cl)c(OC)c1. The van der Waals surface area contributed by atoms with Crippen LogP contribution < -0.4 is 15.5 Å². The van der Waals surface area contributed by atoms with Crippen molar-refractivity contribution in [3.8, 4) is 11.8 Å². The van der Waals surface area contributed by atoms with Gasteiger partial charge < -0.3 is 20.3 Å². The third-order valence-corrected chi connectivity index (χ3v) is 3.92. The highest BCUT2D eigenvalue weighted by Crippen LogP contribution is 2.35. The number of benzene rings is 1. The second-order valence-electron chi connectivity index (χ2n) is 4.94. The Morgan fingerprint density at radius 1 is 1.54 bits per heavy atom. The first-order valence-electron chi connectivity index (χ1n) is 7.57. The number of ether oxygens (including phenoxy) is 1. The van der Waals surface area contributed by atoms with E-state index in [0.29, 0.717) is 17.1 Å². The molecule has 1 atom stereocenters. The van der Waals surface area contributed by atoms with Gasteiger partial charge in [-0.2, -0.15) is 10.4 Å². The predicted molar refractivity (Wildman–Crippen MR) is 97.7 cm³/mol. The number of carbonyl (C=O) groups is 1. The summed E-state index contributed by atoms with van der Waals surface area (Å²) < 4.78 is 5.22. The number of nitrogens with zero attached hydrogens (tertiary/aromatic N) is 2. The zero-order valence-electron chi connectivity index (χ0n) is 14.4. The van der Waals surface area contributed by atoms with Crippen molar-refractivity contribution in [1.29, 1.82) is 5.26 Å². The molecule has 2 N–H and O–H groups in total. The molecular formula is C17H25ClN4O2. The van der Waals surface area contributed by atoms with Crippen molar-refractivity contribution in [2.24, 2.45) is 5.10 Å². The number of rotatable bonds is 9. The van der Waals surface area contributed by atoms with E-state index in [4.69, 9.17) is 16.3 Å². The largest absolute Gasteiger partial charge is 0.495 e. The Labute approximate surface area is 148 Å². The number of nitrogens with one attached hydrogen (secondary N) is 2. The van der Waals surface area contributed by atoms with Crippen LogP contribution in [0.2, 0.25) is 5.02 Å². The topological polar surface area (TPSA) is 86.5 Å². The summed E-state index contributed by atoms with van der Waals surface area (Å²) in [4.78, 5) is 9.41. The molecule has 0 aliphatic heterocycles. The normalized spacial score (nSPS) is 12.0. The summed E-state index contributed by atoms with van der Waals surface area (Å²) in [5.41, 5.74) is 2.82. The molecule has 6 nitrogen and oxygen atoms in total. The molecule has 0 saturated carbocycles. The molecule has 0 spiro atoms. The molecule has 0 fully saturated rings. The minimum atomic E-state index is -0.485. The molecule has 0 aromatic heterocycles. The Morgan fingerprint density at radius 2 is 2.25 bits per heavy atom. The minimum absolute atomic E-state index is 0.253. The first-order valence-corrected chi connectivity index (χ1v) is 7.95. The fourth-order valence-electron chi connectivity index (χ4n) is 2.12. The molecule has 0 radical (unpaired) electrons. The molecule has 0 bridgehead atoms. The summed E-state index contributed by atoms with van der Waals surface area (Å²) >= 11 is 6.02. The summed E-state index contributed by atoms with van der Waals surface area (Å²) in [5.74, 6) is 0.617. The number of methoxy groups -OCH3 is 1. The van der Waals surface area contributed by atoms with E-state index in [9.17, 15) is 10.1 Å². The van der Waals surface area contributed by atoms with Gasteiger partial charge in [-0.15, -0.1) is 0 Å². The van der Waals surface area contributed by atoms with E-state index in [1.54, 1.807) is 13.2 Å². The first kappa shape index (κ1) is 21.9. The molecule has 24 heavy (non-hydrogen) atoms. The highest BCUT2D eigenvalue weighted by Gasteiger charge is 2.30. The Bertz CT molecular complexity index is 552. The van der Waals surface area contributed by atoms with E-state index in [-0.39, 0.29) is 6.54 Å². The van der Waals surface area contributed by atoms with Crippen LogP contribution in [0.3, 0.4) is 0 Å². The summed E-state index contributed by atoms with van der Waals surface area (Å²) in [6.07, 6.45) is 2.24. The third-order valence-electron chi connectivity index (χ3n) is 3.61. The van der Waals surface area contributed by atoms with Gasteiger partial charge in [0, 0.05) is 6.72 Å². The smallest absolute Gasteiger partial charge is 0.140 e. The fourth-order valence-corrected chi connectivity index (χ4v) is 2.32. The lowest BCUT2D eigenvalue weighted by Gasteiger charge is -2.26. The van der Waals surface area contributed by atoms with E-state index >= 15 is 0 Å². The lowest BCUT2D eigenvalue weighted by Crippen LogP contribution is -2.28. The quantitative estimate of drug-likeness (QED) is 0.308. The number of hydrazone groups is 1. The lowest BCUT2D eigenvalue weighted by molar-refractivity contribution is -0.107. The minimum Gasteiger partial charge on any atom is -0.495 e. The van der Waals surface area contributed by atoms with Gasteiger partial charge in [-0.1, -0.05) is 24.6 Å². The van der Waals surface area contributed by atoms with Gasteiger partial charge >= 0.3 is 0 Å². The first-order chi connectivity index (χ1) is 11.5. The van der Waals surface area contributed by atoms with Crippen LogP contribution >= 0.6 is 11.6 Å². The fraction of sp³-hybridized carbons (Fsp3) is 0.471. The van der Waals surface area contributed by atoms with Crippen molar-refractivity contribution in [2.75, 3.05) is 27.2 Å². The lowest BCUT2D eigenvalue weighted by atomic mass is 9.76. The molecule has 7 heteroatoms. The van der Waals surface area contributed by atoms with Gasteiger partial charge in [-0.3, -0.25) is 0 Å². The van der Waals surface area contributed by atoms with Crippen molar-refractivity contribution < 1.29 is 9.53 Å². The number of carbonyl (C=O) groups excluding carboxylic acids is 1. The maximum absolute atomic E-state index is 9.54. The van der Waals surface area contributed by atoms with Gasteiger partial charge in [0.2, 0.25) is 0 Å². The van der Waals surface area contributed by atoms with E-state index in [0.717, 1.165) is 24.9 Å². The Hall–Kier alpha value is -2.10. The van der Waals surface area contributed by atoms with Gasteiger partial charge in [-0.25, -0.2) is 0 Å². The van der Waals surface area contributed by atoms with Gasteiger partial charge in [0.1, 0.15) is 12.0 Å². The van der Waals surface area contributed by atoms with Crippen molar-refractivity contribution in [3.63, 3.8) is 0 Å². The number of aldehydes is 1. The van der Waals surface area contributed by atoms with Crippen LogP contribution in [-0.4, -0.2) is 40.3 Å². The van der Waals surface area contributed by atoms with E-state index in [1.165, 1.54) is 0 Å². The van der Waals surface area contributed by atoms with E-state index in [1.807, 2.05) is 26.1 Å². The Balaban J connectivity index is 0.000000754. The second-order valence-corrected chi connectivity index (χ2v) is 5.34. The zero-order chi connectivity index (χ0) is 18.4. The molecule has 0 aliphatic carbocycles. The Kier molecular flexibility index (Phi) is 11.3. The third kappa shape index (κ3) is 6.57. The predicted octanol–water partition coefficient (Wildman–Crippen LogP) is 2.52. The summed E-state index contributed by atoms with van der Waals surface area (Å²) in [5, 5.41) is 16.4. The Morgan fingerprint density at radius 3 is 2.67 bits per heavy atom. The maximum Gasteiger partial charge on any atom is 0.140 e. The molecule has 132 valence electrons. The van der Waals surface area contributed by atoms with Crippen molar-refractivity contribution >= 4 is 24.6 Å². The molecular weight excluding hydrogens is 328 g/mol. The monoisotopic (exact) mass is 352 g/mol. The van der Waals surface area contributed by atoms with Crippen LogP contribution in [0.15, 0.2) is 23.3 Å². The number of nitriles is 1. The highest BCUT2D eigenvalue weighted by atomic mass is 35.5. The molecule has 1 unspecified atom stereocenters. The standard InChI is InChI=1S/C14H19ClN2O.C3H6N2O/c1-4-14(10-16,7-8-17-2)11-5-6-12(15)13(9-11)18-3;1-4-5-2-3-6/h5-6,9,17H,4,7-8H2,1-3H3;3,5H,1-2H2. The van der Waals surface area contributed by atoms with Crippen LogP contribution in [0, 0.1) is 11.3 Å². The van der Waals surface area contributed by atoms with E-state index < -0.39 is 5.41 Å². The molecule has 0 saturated heterocycles. The van der Waals surface area contributed by atoms with Crippen molar-refractivity contribution in [1.82, 2.24) is 10.7 Å². The van der Waals surface area contributed by atoms with Gasteiger partial charge in [0.15, 0.2) is 0 Å². The maximum atomic E-state index is 9.54. The van der Waals surface area contributed by atoms with Crippen LogP contribution in [0.25, 0.3) is 0 Å². The zero-order valence-corrected chi connectivity index (χ0v) is 15.2. The van der Waals surface area contributed by atoms with Gasteiger partial charge in [-0.05, 0) is 44.1 Å². The van der Waals surface area contributed by atoms with E-state index in [2.05, 4.69) is 28.6 Å². The summed E-state index contributed by atoms with van der Waals surface area (Å²) in [7, 11) is 3.47. The van der Waals surface area contributed by atoms with Crippen LogP contribution in [0.1, 0.15) is 25.3 Å². The molecule has 1 rings (SSSR count). The molecule has 1 aromatic carbocycles. The second kappa shape index (κ2) is 12.3. The molecule has 1 aromatic rings. The van der Waals surface area contributed by atoms with Crippen LogP contribution in [0.4, 0.5) is 0 Å². The van der Waals surface area contributed by atoms with Gasteiger partial charge in [0.05, 0.1) is 30.2 Å². The van der Waals surface area contributed by atoms with Crippen LogP contribution in [0.5, 0.6) is 5.75 Å². The number of halogens is 1. The average molecular weight is 353 g/mol. The summed E-state index contributed by atoms with van der Waals surface area (Å²) in [6, 6.07) is 8.01. The number of hydrogen-bond acceptors (Lipinski definition) is 6. The molecule has 0 heterocycles. The van der Waals surface area contributed by atoms with Crippen molar-refractivity contribution in [3.05, 3.63) is 28.8 Å². The average Bonchev–Trinajstić information content (AvgIpc) is 2.62.